The van der Waals surface area contributed by atoms with Crippen LogP contribution >= 0.6 is 11.3 Å². The second-order valence-electron chi connectivity index (χ2n) is 8.03. The lowest BCUT2D eigenvalue weighted by Crippen LogP contribution is -2.25. The number of nitrogens with zero attached hydrogens (tertiary/aromatic N) is 3. The van der Waals surface area contributed by atoms with Crippen molar-refractivity contribution in [3.8, 4) is 17.0 Å². The van der Waals surface area contributed by atoms with Crippen LogP contribution in [0.25, 0.3) is 11.3 Å². The monoisotopic (exact) mass is 490 g/mol. The Balaban J connectivity index is 1.67. The largest absolute Gasteiger partial charge is 0.482 e. The zero-order valence-electron chi connectivity index (χ0n) is 18.9. The lowest BCUT2D eigenvalue weighted by atomic mass is 10.1. The summed E-state index contributed by atoms with van der Waals surface area (Å²) in [5, 5.41) is 9.20. The Labute approximate surface area is 203 Å². The van der Waals surface area contributed by atoms with Crippen LogP contribution in [0.2, 0.25) is 0 Å². The van der Waals surface area contributed by atoms with Crippen molar-refractivity contribution >= 4 is 34.8 Å². The number of amides is 1. The van der Waals surface area contributed by atoms with Gasteiger partial charge in [-0.05, 0) is 55.3 Å². The summed E-state index contributed by atoms with van der Waals surface area (Å²) in [5.74, 6) is -1.03. The number of fused-ring (bicyclic) bond motifs is 1. The summed E-state index contributed by atoms with van der Waals surface area (Å²) in [4.78, 5) is 17.2. The molecule has 1 aromatic heterocycles. The smallest absolute Gasteiger partial charge is 0.262 e. The maximum Gasteiger partial charge on any atom is 0.262 e. The lowest BCUT2D eigenvalue weighted by molar-refractivity contribution is -0.118. The fraction of sp³-hybridized carbons (Fsp3) is 0.115. The van der Waals surface area contributed by atoms with Gasteiger partial charge in [0.15, 0.2) is 6.61 Å². The molecule has 4 aromatic rings. The second kappa shape index (κ2) is 9.27. The Hall–Kier alpha value is -4.11. The van der Waals surface area contributed by atoms with E-state index in [9.17, 15) is 13.6 Å². The van der Waals surface area contributed by atoms with Crippen molar-refractivity contribution in [2.75, 3.05) is 11.9 Å². The second-order valence-corrected chi connectivity index (χ2v) is 8.86. The van der Waals surface area contributed by atoms with Crippen LogP contribution < -0.4 is 14.9 Å². The first-order valence-electron chi connectivity index (χ1n) is 10.8. The number of benzene rings is 3. The van der Waals surface area contributed by atoms with Crippen molar-refractivity contribution in [2.45, 2.75) is 13.8 Å². The fourth-order valence-corrected chi connectivity index (χ4v) is 4.58. The molecule has 1 N–H and O–H groups in total. The summed E-state index contributed by atoms with van der Waals surface area (Å²) in [7, 11) is 0. The van der Waals surface area contributed by atoms with Crippen molar-refractivity contribution in [3.63, 3.8) is 0 Å². The molecule has 0 saturated carbocycles. The van der Waals surface area contributed by atoms with Crippen molar-refractivity contribution in [1.82, 2.24) is 4.68 Å². The highest BCUT2D eigenvalue weighted by Gasteiger charge is 2.18. The molecule has 0 saturated heterocycles. The zero-order valence-corrected chi connectivity index (χ0v) is 19.7. The van der Waals surface area contributed by atoms with Crippen LogP contribution in [0.3, 0.4) is 0 Å². The van der Waals surface area contributed by atoms with Gasteiger partial charge in [0.25, 0.3) is 5.91 Å². The Morgan fingerprint density at radius 3 is 2.66 bits per heavy atom. The van der Waals surface area contributed by atoms with Gasteiger partial charge in [0.05, 0.1) is 23.3 Å². The average Bonchev–Trinajstić information content (AvgIpc) is 3.23. The molecule has 0 radical (unpaired) electrons. The molecule has 0 spiro atoms. The molecule has 176 valence electrons. The van der Waals surface area contributed by atoms with E-state index in [2.05, 4.69) is 10.4 Å². The van der Waals surface area contributed by atoms with E-state index < -0.39 is 11.6 Å². The molecule has 0 fully saturated rings. The zero-order chi connectivity index (χ0) is 24.5. The normalized spacial score (nSPS) is 13.6. The van der Waals surface area contributed by atoms with E-state index >= 15 is 0 Å². The van der Waals surface area contributed by atoms with Crippen LogP contribution in [0, 0.1) is 25.5 Å². The van der Waals surface area contributed by atoms with E-state index in [0.29, 0.717) is 21.9 Å². The van der Waals surface area contributed by atoms with Crippen molar-refractivity contribution in [1.29, 1.82) is 0 Å². The van der Waals surface area contributed by atoms with Gasteiger partial charge in [-0.15, -0.1) is 11.3 Å². The molecular formula is C26H20F2N4O2S. The van der Waals surface area contributed by atoms with E-state index in [1.165, 1.54) is 29.7 Å². The van der Waals surface area contributed by atoms with Gasteiger partial charge in [-0.2, -0.15) is 5.10 Å². The number of anilines is 1. The highest BCUT2D eigenvalue weighted by Crippen LogP contribution is 2.33. The van der Waals surface area contributed by atoms with Crippen LogP contribution in [0.5, 0.6) is 5.75 Å². The summed E-state index contributed by atoms with van der Waals surface area (Å²) in [6.07, 6.45) is 1.33. The number of carbonyl (C=O) groups is 1. The molecule has 1 amide bonds. The lowest BCUT2D eigenvalue weighted by Gasteiger charge is -2.18. The number of halogens is 2. The average molecular weight is 491 g/mol. The van der Waals surface area contributed by atoms with E-state index in [0.717, 1.165) is 28.4 Å². The number of hydrogen-bond donors (Lipinski definition) is 1. The number of carbonyl (C=O) groups excluding carboxylic acids is 1. The van der Waals surface area contributed by atoms with Crippen molar-refractivity contribution < 1.29 is 18.3 Å². The Morgan fingerprint density at radius 2 is 1.89 bits per heavy atom. The maximum absolute atomic E-state index is 14.3. The number of aromatic nitrogens is 1. The molecule has 1 aliphatic heterocycles. The van der Waals surface area contributed by atoms with Crippen LogP contribution in [-0.4, -0.2) is 23.4 Å². The number of thiazole rings is 1. The highest BCUT2D eigenvalue weighted by atomic mass is 32.1. The predicted molar refractivity (Wildman–Crippen MR) is 132 cm³/mol. The van der Waals surface area contributed by atoms with Crippen LogP contribution in [0.15, 0.2) is 70.1 Å². The van der Waals surface area contributed by atoms with Gasteiger partial charge in [-0.1, -0.05) is 18.2 Å². The maximum atomic E-state index is 14.3. The van der Waals surface area contributed by atoms with E-state index in [4.69, 9.17) is 9.73 Å². The van der Waals surface area contributed by atoms with E-state index in [-0.39, 0.29) is 18.1 Å². The molecule has 0 atom stereocenters. The van der Waals surface area contributed by atoms with Gasteiger partial charge in [0.1, 0.15) is 17.4 Å². The van der Waals surface area contributed by atoms with Crippen molar-refractivity contribution in [3.05, 3.63) is 93.1 Å². The number of ether oxygens (including phenoxy) is 1. The van der Waals surface area contributed by atoms with Crippen LogP contribution in [0.1, 0.15) is 16.7 Å². The van der Waals surface area contributed by atoms with Gasteiger partial charge in [-0.25, -0.2) is 18.4 Å². The molecule has 2 heterocycles. The van der Waals surface area contributed by atoms with Crippen molar-refractivity contribution in [2.24, 2.45) is 10.1 Å². The third kappa shape index (κ3) is 4.63. The number of hydrogen-bond acceptors (Lipinski definition) is 5. The standard InChI is InChI=1S/C26H20F2N4O2S/c1-15-4-3-5-16(2)25(15)31-26-32(29-12-18-6-8-19(27)11-20(18)28)22(14-35-26)17-7-9-23-21(10-17)30-24(33)13-34-23/h3-12,14H,13H2,1-2H3,(H,30,33). The van der Waals surface area contributed by atoms with Gasteiger partial charge in [0, 0.05) is 22.6 Å². The Morgan fingerprint density at radius 1 is 1.09 bits per heavy atom. The molecule has 0 aliphatic carbocycles. The molecule has 6 nitrogen and oxygen atoms in total. The first-order valence-corrected chi connectivity index (χ1v) is 11.6. The molecule has 0 bridgehead atoms. The third-order valence-corrected chi connectivity index (χ3v) is 6.33. The summed E-state index contributed by atoms with van der Waals surface area (Å²) >= 11 is 1.37. The van der Waals surface area contributed by atoms with Crippen LogP contribution in [-0.2, 0) is 4.79 Å². The summed E-state index contributed by atoms with van der Waals surface area (Å²) < 4.78 is 34.7. The molecular weight excluding hydrogens is 470 g/mol. The molecule has 35 heavy (non-hydrogen) atoms. The highest BCUT2D eigenvalue weighted by molar-refractivity contribution is 7.07. The number of para-hydroxylation sites is 1. The van der Waals surface area contributed by atoms with E-state index in [1.807, 2.05) is 43.5 Å². The molecule has 5 rings (SSSR count). The first kappa shape index (κ1) is 22.7. The van der Waals surface area contributed by atoms with Gasteiger partial charge < -0.3 is 10.1 Å². The minimum Gasteiger partial charge on any atom is -0.482 e. The summed E-state index contributed by atoms with van der Waals surface area (Å²) in [6.45, 7) is 3.93. The number of aryl methyl sites for hydroxylation is 2. The minimum absolute atomic E-state index is 0.0306. The quantitative estimate of drug-likeness (QED) is 0.381. The predicted octanol–water partition coefficient (Wildman–Crippen LogP) is 5.56. The molecule has 1 aliphatic rings. The molecule has 9 heteroatoms. The molecule has 3 aromatic carbocycles. The summed E-state index contributed by atoms with van der Waals surface area (Å²) in [6, 6.07) is 14.7. The Kier molecular flexibility index (Phi) is 6.00. The van der Waals surface area contributed by atoms with Gasteiger partial charge >= 0.3 is 0 Å². The summed E-state index contributed by atoms with van der Waals surface area (Å²) in [5.41, 5.74) is 4.97. The van der Waals surface area contributed by atoms with Gasteiger partial charge in [0.2, 0.25) is 4.80 Å². The molecule has 0 unspecified atom stereocenters. The third-order valence-electron chi connectivity index (χ3n) is 5.52. The number of rotatable bonds is 4. The SMILES string of the molecule is Cc1cccc(C)c1N=c1scc(-c2ccc3c(c2)NC(=O)CO3)n1N=Cc1ccc(F)cc1F. The minimum atomic E-state index is -0.715. The van der Waals surface area contributed by atoms with E-state index in [1.54, 1.807) is 16.8 Å². The first-order chi connectivity index (χ1) is 16.9. The fourth-order valence-electron chi connectivity index (χ4n) is 3.73. The van der Waals surface area contributed by atoms with Crippen LogP contribution in [0.4, 0.5) is 20.2 Å². The Bertz CT molecular complexity index is 1540. The number of nitrogens with one attached hydrogen (secondary N) is 1. The van der Waals surface area contributed by atoms with Gasteiger partial charge in [-0.3, -0.25) is 4.79 Å². The topological polar surface area (TPSA) is 68.0 Å².